The summed E-state index contributed by atoms with van der Waals surface area (Å²) in [5, 5.41) is 9.67. The van der Waals surface area contributed by atoms with Crippen molar-refractivity contribution in [3.63, 3.8) is 0 Å². The van der Waals surface area contributed by atoms with Gasteiger partial charge in [-0.05, 0) is 49.2 Å². The topological polar surface area (TPSA) is 42.4 Å². The van der Waals surface area contributed by atoms with Crippen molar-refractivity contribution in [1.29, 1.82) is 0 Å². The molecule has 0 saturated heterocycles. The Labute approximate surface area is 121 Å². The number of ether oxygens (including phenoxy) is 1. The van der Waals surface area contributed by atoms with Gasteiger partial charge in [0.25, 0.3) is 0 Å². The lowest BCUT2D eigenvalue weighted by Gasteiger charge is -2.09. The van der Waals surface area contributed by atoms with Crippen LogP contribution in [0.5, 0.6) is 11.5 Å². The van der Waals surface area contributed by atoms with Crippen molar-refractivity contribution in [2.45, 2.75) is 26.4 Å². The minimum atomic E-state index is -0.510. The number of aliphatic hydroxyl groups excluding tert-OH is 1. The molecule has 19 heavy (non-hydrogen) atoms. The predicted molar refractivity (Wildman–Crippen MR) is 78.4 cm³/mol. The second-order valence-corrected chi connectivity index (χ2v) is 5.21. The molecule has 4 heteroatoms. The monoisotopic (exact) mass is 321 g/mol. The lowest BCUT2D eigenvalue weighted by Crippen LogP contribution is -1.98. The third kappa shape index (κ3) is 3.55. The number of rotatable bonds is 4. The van der Waals surface area contributed by atoms with Crippen LogP contribution in [0.2, 0.25) is 0 Å². The molecule has 0 fully saturated rings. The molecule has 1 heterocycles. The molecule has 1 atom stereocenters. The SMILES string of the molecule is CC[C@@H](O)c1ccc(Oc2ccc(Br)c(C)c2)cn1. The summed E-state index contributed by atoms with van der Waals surface area (Å²) in [6, 6.07) is 9.41. The molecule has 0 unspecified atom stereocenters. The van der Waals surface area contributed by atoms with Gasteiger partial charge < -0.3 is 9.84 Å². The maximum absolute atomic E-state index is 9.67. The smallest absolute Gasteiger partial charge is 0.145 e. The van der Waals surface area contributed by atoms with E-state index in [2.05, 4.69) is 20.9 Å². The maximum Gasteiger partial charge on any atom is 0.145 e. The number of benzene rings is 1. The van der Waals surface area contributed by atoms with Crippen LogP contribution in [0.25, 0.3) is 0 Å². The van der Waals surface area contributed by atoms with Gasteiger partial charge in [-0.2, -0.15) is 0 Å². The molecule has 0 aliphatic carbocycles. The van der Waals surface area contributed by atoms with E-state index in [1.807, 2.05) is 38.1 Å². The summed E-state index contributed by atoms with van der Waals surface area (Å²) in [4.78, 5) is 4.20. The van der Waals surface area contributed by atoms with E-state index in [0.29, 0.717) is 17.9 Å². The number of aliphatic hydroxyl groups is 1. The van der Waals surface area contributed by atoms with Crippen LogP contribution in [0.1, 0.15) is 30.7 Å². The van der Waals surface area contributed by atoms with Crippen LogP contribution in [0, 0.1) is 6.92 Å². The fourth-order valence-electron chi connectivity index (χ4n) is 1.68. The summed E-state index contributed by atoms with van der Waals surface area (Å²) in [6.45, 7) is 3.93. The molecule has 3 nitrogen and oxygen atoms in total. The van der Waals surface area contributed by atoms with Crippen LogP contribution >= 0.6 is 15.9 Å². The molecule has 0 aliphatic heterocycles. The highest BCUT2D eigenvalue weighted by Gasteiger charge is 2.06. The number of pyridine rings is 1. The molecule has 2 aromatic rings. The highest BCUT2D eigenvalue weighted by atomic mass is 79.9. The summed E-state index contributed by atoms with van der Waals surface area (Å²) >= 11 is 3.45. The van der Waals surface area contributed by atoms with Gasteiger partial charge in [0.1, 0.15) is 11.5 Å². The van der Waals surface area contributed by atoms with Crippen molar-refractivity contribution in [3.05, 3.63) is 52.3 Å². The predicted octanol–water partition coefficient (Wildman–Crippen LogP) is 4.39. The first-order valence-corrected chi connectivity index (χ1v) is 6.97. The second kappa shape index (κ2) is 6.17. The van der Waals surface area contributed by atoms with Crippen LogP contribution in [0.3, 0.4) is 0 Å². The van der Waals surface area contributed by atoms with Gasteiger partial charge in [-0.25, -0.2) is 0 Å². The van der Waals surface area contributed by atoms with Gasteiger partial charge in [0, 0.05) is 4.47 Å². The zero-order valence-corrected chi connectivity index (χ0v) is 12.5. The van der Waals surface area contributed by atoms with E-state index >= 15 is 0 Å². The molecule has 0 aliphatic rings. The van der Waals surface area contributed by atoms with E-state index in [4.69, 9.17) is 4.74 Å². The van der Waals surface area contributed by atoms with Crippen LogP contribution in [0.4, 0.5) is 0 Å². The molecule has 0 saturated carbocycles. The average Bonchev–Trinajstić information content (AvgIpc) is 2.43. The van der Waals surface area contributed by atoms with E-state index < -0.39 is 6.10 Å². The van der Waals surface area contributed by atoms with Crippen molar-refractivity contribution >= 4 is 15.9 Å². The maximum atomic E-state index is 9.67. The Morgan fingerprint density at radius 1 is 1.26 bits per heavy atom. The van der Waals surface area contributed by atoms with Gasteiger partial charge >= 0.3 is 0 Å². The minimum absolute atomic E-state index is 0.510. The molecule has 100 valence electrons. The fraction of sp³-hybridized carbons (Fsp3) is 0.267. The first kappa shape index (κ1) is 14.0. The minimum Gasteiger partial charge on any atom is -0.456 e. The second-order valence-electron chi connectivity index (χ2n) is 4.36. The molecular formula is C15H16BrNO2. The Morgan fingerprint density at radius 3 is 2.58 bits per heavy atom. The Bertz CT molecular complexity index is 555. The molecule has 2 rings (SSSR count). The molecule has 1 aromatic carbocycles. The highest BCUT2D eigenvalue weighted by molar-refractivity contribution is 9.10. The quantitative estimate of drug-likeness (QED) is 0.908. The van der Waals surface area contributed by atoms with E-state index in [0.717, 1.165) is 15.8 Å². The number of hydrogen-bond donors (Lipinski definition) is 1. The lowest BCUT2D eigenvalue weighted by molar-refractivity contribution is 0.169. The number of halogens is 1. The molecule has 0 spiro atoms. The largest absolute Gasteiger partial charge is 0.456 e. The zero-order chi connectivity index (χ0) is 13.8. The Balaban J connectivity index is 2.12. The highest BCUT2D eigenvalue weighted by Crippen LogP contribution is 2.26. The first-order valence-electron chi connectivity index (χ1n) is 6.18. The lowest BCUT2D eigenvalue weighted by atomic mass is 10.2. The average molecular weight is 322 g/mol. The van der Waals surface area contributed by atoms with Crippen LogP contribution in [-0.2, 0) is 0 Å². The number of nitrogens with zero attached hydrogens (tertiary/aromatic N) is 1. The summed E-state index contributed by atoms with van der Waals surface area (Å²) < 4.78 is 6.77. The summed E-state index contributed by atoms with van der Waals surface area (Å²) in [5.74, 6) is 1.43. The van der Waals surface area contributed by atoms with Gasteiger partial charge in [-0.1, -0.05) is 22.9 Å². The van der Waals surface area contributed by atoms with E-state index in [-0.39, 0.29) is 0 Å². The zero-order valence-electron chi connectivity index (χ0n) is 10.9. The third-order valence-electron chi connectivity index (χ3n) is 2.85. The molecule has 1 aromatic heterocycles. The van der Waals surface area contributed by atoms with Crippen molar-refractivity contribution in [2.24, 2.45) is 0 Å². The molecular weight excluding hydrogens is 306 g/mol. The van der Waals surface area contributed by atoms with Crippen LogP contribution in [0.15, 0.2) is 41.0 Å². The van der Waals surface area contributed by atoms with Gasteiger partial charge in [0.2, 0.25) is 0 Å². The first-order chi connectivity index (χ1) is 9.10. The summed E-state index contributed by atoms with van der Waals surface area (Å²) in [5.41, 5.74) is 1.78. The Hall–Kier alpha value is -1.39. The number of aromatic nitrogens is 1. The Morgan fingerprint density at radius 2 is 2.00 bits per heavy atom. The van der Waals surface area contributed by atoms with Crippen molar-refractivity contribution in [3.8, 4) is 11.5 Å². The normalized spacial score (nSPS) is 12.2. The van der Waals surface area contributed by atoms with Crippen molar-refractivity contribution in [2.75, 3.05) is 0 Å². The molecule has 1 N–H and O–H groups in total. The van der Waals surface area contributed by atoms with E-state index in [1.54, 1.807) is 12.3 Å². The Kier molecular flexibility index (Phi) is 4.56. The molecule has 0 amide bonds. The third-order valence-corrected chi connectivity index (χ3v) is 3.74. The number of hydrogen-bond acceptors (Lipinski definition) is 3. The molecule has 0 bridgehead atoms. The van der Waals surface area contributed by atoms with Crippen LogP contribution < -0.4 is 4.74 Å². The van der Waals surface area contributed by atoms with Gasteiger partial charge in [-0.15, -0.1) is 0 Å². The van der Waals surface area contributed by atoms with Crippen LogP contribution in [-0.4, -0.2) is 10.1 Å². The summed E-state index contributed by atoms with van der Waals surface area (Å²) in [6.07, 6.45) is 1.77. The van der Waals surface area contributed by atoms with E-state index in [9.17, 15) is 5.11 Å². The molecule has 0 radical (unpaired) electrons. The van der Waals surface area contributed by atoms with Crippen molar-refractivity contribution < 1.29 is 9.84 Å². The standard InChI is InChI=1S/C15H16BrNO2/c1-3-15(18)14-7-5-12(9-17-14)19-11-4-6-13(16)10(2)8-11/h4-9,15,18H,3H2,1-2H3/t15-/m1/s1. The van der Waals surface area contributed by atoms with E-state index in [1.165, 1.54) is 0 Å². The summed E-state index contributed by atoms with van der Waals surface area (Å²) in [7, 11) is 0. The van der Waals surface area contributed by atoms with Gasteiger partial charge in [-0.3, -0.25) is 4.98 Å². The number of aryl methyl sites for hydroxylation is 1. The fourth-order valence-corrected chi connectivity index (χ4v) is 1.92. The van der Waals surface area contributed by atoms with Crippen molar-refractivity contribution in [1.82, 2.24) is 4.98 Å². The van der Waals surface area contributed by atoms with Gasteiger partial charge in [0.15, 0.2) is 0 Å². The van der Waals surface area contributed by atoms with Gasteiger partial charge in [0.05, 0.1) is 18.0 Å².